The molecule has 0 bridgehead atoms. The molecular formula is C29H26F3N9O4. The van der Waals surface area contributed by atoms with Crippen LogP contribution in [0.2, 0.25) is 0 Å². The van der Waals surface area contributed by atoms with Gasteiger partial charge in [-0.2, -0.15) is 13.2 Å². The minimum Gasteiger partial charge on any atom is -0.485 e. The lowest BCUT2D eigenvalue weighted by molar-refractivity contribution is -0.143. The van der Waals surface area contributed by atoms with Gasteiger partial charge in [-0.25, -0.2) is 19.7 Å². The number of halogens is 3. The maximum atomic E-state index is 13.8. The van der Waals surface area contributed by atoms with Gasteiger partial charge >= 0.3 is 12.2 Å². The molecule has 2 atom stereocenters. The number of carbonyl (C=O) groups is 3. The molecule has 2 unspecified atom stereocenters. The van der Waals surface area contributed by atoms with E-state index < -0.39 is 35.5 Å². The summed E-state index contributed by atoms with van der Waals surface area (Å²) < 4.78 is 48.7. The van der Waals surface area contributed by atoms with Crippen molar-refractivity contribution in [1.29, 1.82) is 0 Å². The number of urea groups is 1. The zero-order chi connectivity index (χ0) is 31.6. The van der Waals surface area contributed by atoms with Crippen molar-refractivity contribution in [3.63, 3.8) is 0 Å². The Morgan fingerprint density at radius 2 is 1.93 bits per heavy atom. The van der Waals surface area contributed by atoms with Crippen LogP contribution in [-0.4, -0.2) is 65.9 Å². The summed E-state index contributed by atoms with van der Waals surface area (Å²) in [6, 6.07) is 4.05. The van der Waals surface area contributed by atoms with Crippen molar-refractivity contribution >= 4 is 35.0 Å². The molecular weight excluding hydrogens is 595 g/mol. The zero-order valence-electron chi connectivity index (χ0n) is 24.1. The number of carbonyl (C=O) groups excluding carboxylic acids is 3. The molecule has 0 aromatic carbocycles. The van der Waals surface area contributed by atoms with Gasteiger partial charge in [0.25, 0.3) is 0 Å². The molecule has 1 aliphatic heterocycles. The number of ether oxygens (including phenoxy) is 1. The highest BCUT2D eigenvalue weighted by atomic mass is 19.4. The van der Waals surface area contributed by atoms with Gasteiger partial charge in [-0.1, -0.05) is 0 Å². The summed E-state index contributed by atoms with van der Waals surface area (Å²) in [4.78, 5) is 53.3. The number of pyridine rings is 1. The number of rotatable bonds is 8. The van der Waals surface area contributed by atoms with E-state index in [0.717, 1.165) is 35.1 Å². The average molecular weight is 622 g/mol. The number of alkyl halides is 3. The van der Waals surface area contributed by atoms with Crippen molar-refractivity contribution in [3.8, 4) is 5.75 Å². The third-order valence-corrected chi connectivity index (χ3v) is 8.05. The zero-order valence-corrected chi connectivity index (χ0v) is 24.1. The lowest BCUT2D eigenvalue weighted by atomic mass is 10.1. The second-order valence-electron chi connectivity index (χ2n) is 11.4. The smallest absolute Gasteiger partial charge is 0.438 e. The Morgan fingerprint density at radius 3 is 2.62 bits per heavy atom. The predicted octanol–water partition coefficient (Wildman–Crippen LogP) is 3.84. The summed E-state index contributed by atoms with van der Waals surface area (Å²) in [7, 11) is 1.40. The first-order chi connectivity index (χ1) is 21.5. The van der Waals surface area contributed by atoms with Crippen molar-refractivity contribution in [2.45, 2.75) is 50.8 Å². The number of aromatic nitrogens is 6. The molecule has 5 heterocycles. The van der Waals surface area contributed by atoms with Crippen molar-refractivity contribution in [2.24, 2.45) is 5.92 Å². The van der Waals surface area contributed by atoms with Gasteiger partial charge < -0.3 is 14.5 Å². The summed E-state index contributed by atoms with van der Waals surface area (Å²) in [6.45, 7) is 1.28. The fourth-order valence-electron chi connectivity index (χ4n) is 5.38. The van der Waals surface area contributed by atoms with Crippen molar-refractivity contribution in [3.05, 3.63) is 65.3 Å². The number of hydrogen-bond donors (Lipinski definition) is 1. The van der Waals surface area contributed by atoms with E-state index in [1.54, 1.807) is 22.9 Å². The Bertz CT molecular complexity index is 1870. The van der Waals surface area contributed by atoms with Crippen LogP contribution < -0.4 is 15.0 Å². The number of nitrogens with zero attached hydrogens (tertiary/aromatic N) is 8. The minimum absolute atomic E-state index is 0.149. The van der Waals surface area contributed by atoms with Crippen molar-refractivity contribution in [1.82, 2.24) is 34.4 Å². The molecule has 7 rings (SSSR count). The van der Waals surface area contributed by atoms with Gasteiger partial charge in [0.1, 0.15) is 19.0 Å². The van der Waals surface area contributed by atoms with Crippen LogP contribution in [0.5, 0.6) is 5.75 Å². The van der Waals surface area contributed by atoms with Crippen LogP contribution in [0, 0.1) is 12.8 Å². The third kappa shape index (κ3) is 5.51. The molecule has 4 amide bonds. The highest BCUT2D eigenvalue weighted by molar-refractivity contribution is 6.13. The first kappa shape index (κ1) is 28.6. The van der Waals surface area contributed by atoms with E-state index >= 15 is 0 Å². The largest absolute Gasteiger partial charge is 0.485 e. The Labute approximate surface area is 253 Å². The fraction of sp³-hybridized carbons (Fsp3) is 0.379. The van der Waals surface area contributed by atoms with Gasteiger partial charge in [-0.3, -0.25) is 19.4 Å². The number of likely N-dealkylation sites (N-methyl/N-ethyl adjacent to an activating group) is 1. The first-order valence-electron chi connectivity index (χ1n) is 14.2. The summed E-state index contributed by atoms with van der Waals surface area (Å²) in [5.41, 5.74) is 1.41. The molecule has 16 heteroatoms. The normalized spacial score (nSPS) is 19.8. The van der Waals surface area contributed by atoms with Crippen LogP contribution in [0.1, 0.15) is 59.6 Å². The van der Waals surface area contributed by atoms with E-state index in [2.05, 4.69) is 30.5 Å². The Balaban J connectivity index is 1.12. The molecule has 3 aliphatic rings. The molecule has 0 radical (unpaired) electrons. The summed E-state index contributed by atoms with van der Waals surface area (Å²) in [5.74, 6) is -1.45. The van der Waals surface area contributed by atoms with E-state index in [1.807, 2.05) is 19.2 Å². The van der Waals surface area contributed by atoms with Gasteiger partial charge in [0.05, 0.1) is 11.4 Å². The maximum absolute atomic E-state index is 13.8. The monoisotopic (exact) mass is 621 g/mol. The topological polar surface area (TPSA) is 148 Å². The number of fused-ring (bicyclic) bond motifs is 1. The Hall–Kier alpha value is -5.15. The molecule has 1 saturated heterocycles. The Kier molecular flexibility index (Phi) is 6.67. The van der Waals surface area contributed by atoms with Crippen LogP contribution in [0.3, 0.4) is 0 Å². The van der Waals surface area contributed by atoms with Crippen LogP contribution in [0.4, 0.5) is 29.5 Å². The average Bonchev–Trinajstić information content (AvgIpc) is 3.92. The van der Waals surface area contributed by atoms with Gasteiger partial charge in [-0.05, 0) is 49.8 Å². The standard InChI is InChI=1S/C29H26F3N9O4/c1-14-5-6-33-25(34-14)18-8-19(18)27(43)36-22-9-21(24(38-37-22)29(30,31)32)45-13-17-11-40-10-16(15-3-4-15)7-20(26(40)35-17)41-12-23(42)39(2)28(41)44/h5-7,9-11,15,18-19H,3-4,8,12-13H2,1-2H3,(H,36,37,43). The molecule has 4 aromatic heterocycles. The van der Waals surface area contributed by atoms with Crippen LogP contribution >= 0.6 is 0 Å². The summed E-state index contributed by atoms with van der Waals surface area (Å²) in [5, 5.41) is 9.40. The highest BCUT2D eigenvalue weighted by Gasteiger charge is 2.46. The molecule has 232 valence electrons. The van der Waals surface area contributed by atoms with Crippen LogP contribution in [-0.2, 0) is 22.4 Å². The van der Waals surface area contributed by atoms with Gasteiger partial charge in [0.2, 0.25) is 17.5 Å². The van der Waals surface area contributed by atoms with Crippen LogP contribution in [0.25, 0.3) is 5.65 Å². The number of hydrogen-bond acceptors (Lipinski definition) is 9. The van der Waals surface area contributed by atoms with Crippen molar-refractivity contribution < 1.29 is 32.3 Å². The lowest BCUT2D eigenvalue weighted by Gasteiger charge is -2.17. The molecule has 13 nitrogen and oxygen atoms in total. The molecule has 2 saturated carbocycles. The molecule has 0 spiro atoms. The number of imidazole rings is 1. The molecule has 3 fully saturated rings. The van der Waals surface area contributed by atoms with Gasteiger partial charge in [0.15, 0.2) is 17.2 Å². The molecule has 4 aromatic rings. The van der Waals surface area contributed by atoms with E-state index in [4.69, 9.17) is 4.74 Å². The number of anilines is 2. The quantitative estimate of drug-likeness (QED) is 0.290. The Morgan fingerprint density at radius 1 is 1.13 bits per heavy atom. The maximum Gasteiger partial charge on any atom is 0.438 e. The predicted molar refractivity (Wildman–Crippen MR) is 150 cm³/mol. The van der Waals surface area contributed by atoms with E-state index in [1.165, 1.54) is 11.9 Å². The van der Waals surface area contributed by atoms with E-state index in [-0.39, 0.29) is 36.5 Å². The molecule has 2 aliphatic carbocycles. The lowest BCUT2D eigenvalue weighted by Crippen LogP contribution is -2.30. The van der Waals surface area contributed by atoms with Crippen molar-refractivity contribution in [2.75, 3.05) is 23.8 Å². The number of imide groups is 1. The highest BCUT2D eigenvalue weighted by Crippen LogP contribution is 2.47. The summed E-state index contributed by atoms with van der Waals surface area (Å²) in [6.07, 6.45) is 2.65. The van der Waals surface area contributed by atoms with Gasteiger partial charge in [0, 0.05) is 49.2 Å². The fourth-order valence-corrected chi connectivity index (χ4v) is 5.38. The molecule has 45 heavy (non-hydrogen) atoms. The second-order valence-corrected chi connectivity index (χ2v) is 11.4. The van der Waals surface area contributed by atoms with Gasteiger partial charge in [-0.15, -0.1) is 10.2 Å². The SMILES string of the molecule is Cc1ccnc(C2CC2C(=O)Nc2cc(OCc3cn4cc(C5CC5)cc(N5CC(=O)N(C)C5=O)c4n3)c(C(F)(F)F)nn2)n1. The number of nitrogens with one attached hydrogen (secondary N) is 1. The third-order valence-electron chi connectivity index (χ3n) is 8.05. The number of amides is 4. The van der Waals surface area contributed by atoms with E-state index in [0.29, 0.717) is 29.5 Å². The summed E-state index contributed by atoms with van der Waals surface area (Å²) >= 11 is 0. The molecule has 1 N–H and O–H groups in total. The number of aryl methyl sites for hydroxylation is 1. The minimum atomic E-state index is -4.88. The van der Waals surface area contributed by atoms with E-state index in [9.17, 15) is 27.6 Å². The first-order valence-corrected chi connectivity index (χ1v) is 14.2. The van der Waals surface area contributed by atoms with Crippen LogP contribution in [0.15, 0.2) is 36.8 Å². The second kappa shape index (κ2) is 10.5.